The highest BCUT2D eigenvalue weighted by Crippen LogP contribution is 2.36. The van der Waals surface area contributed by atoms with Gasteiger partial charge in [0, 0.05) is 16.5 Å². The SMILES string of the molecule is O=C1C=C(c2cccc(C(F)F)c2Br)CCC1. The van der Waals surface area contributed by atoms with Crippen molar-refractivity contribution in [3.63, 3.8) is 0 Å². The molecule has 17 heavy (non-hydrogen) atoms. The molecule has 4 heteroatoms. The third kappa shape index (κ3) is 2.63. The first-order valence-corrected chi connectivity index (χ1v) is 6.19. The Morgan fingerprint density at radius 1 is 1.24 bits per heavy atom. The van der Waals surface area contributed by atoms with E-state index in [1.807, 2.05) is 0 Å². The number of halogens is 3. The molecular formula is C13H11BrF2O. The molecule has 0 aromatic heterocycles. The average molecular weight is 301 g/mol. The number of carbonyl (C=O) groups is 1. The van der Waals surface area contributed by atoms with Crippen LogP contribution in [0.15, 0.2) is 28.7 Å². The zero-order valence-electron chi connectivity index (χ0n) is 9.05. The Morgan fingerprint density at radius 2 is 2.00 bits per heavy atom. The first-order valence-electron chi connectivity index (χ1n) is 5.40. The number of hydrogen-bond donors (Lipinski definition) is 0. The van der Waals surface area contributed by atoms with Gasteiger partial charge in [-0.05, 0) is 46.0 Å². The summed E-state index contributed by atoms with van der Waals surface area (Å²) in [7, 11) is 0. The number of rotatable bonds is 2. The Labute approximate surface area is 107 Å². The van der Waals surface area contributed by atoms with Crippen molar-refractivity contribution in [2.24, 2.45) is 0 Å². The molecule has 0 radical (unpaired) electrons. The van der Waals surface area contributed by atoms with Crippen LogP contribution in [0.25, 0.3) is 5.57 Å². The number of ketones is 1. The van der Waals surface area contributed by atoms with E-state index in [0.717, 1.165) is 18.4 Å². The summed E-state index contributed by atoms with van der Waals surface area (Å²) < 4.78 is 25.9. The van der Waals surface area contributed by atoms with Crippen LogP contribution in [0.3, 0.4) is 0 Å². The quantitative estimate of drug-likeness (QED) is 0.784. The maximum Gasteiger partial charge on any atom is 0.264 e. The summed E-state index contributed by atoms with van der Waals surface area (Å²) in [6, 6.07) is 4.76. The smallest absolute Gasteiger partial charge is 0.264 e. The average Bonchev–Trinajstić information content (AvgIpc) is 2.29. The predicted octanol–water partition coefficient (Wildman–Crippen LogP) is 4.52. The molecule has 0 N–H and O–H groups in total. The molecule has 0 aliphatic heterocycles. The maximum absolute atomic E-state index is 12.7. The van der Waals surface area contributed by atoms with E-state index in [1.54, 1.807) is 18.2 Å². The van der Waals surface area contributed by atoms with Crippen molar-refractivity contribution in [3.05, 3.63) is 39.9 Å². The first kappa shape index (κ1) is 12.4. The molecule has 1 aliphatic rings. The van der Waals surface area contributed by atoms with Crippen LogP contribution in [-0.2, 0) is 4.79 Å². The molecule has 90 valence electrons. The molecule has 0 saturated carbocycles. The summed E-state index contributed by atoms with van der Waals surface area (Å²) in [5.41, 5.74) is 1.52. The van der Waals surface area contributed by atoms with E-state index < -0.39 is 6.43 Å². The Kier molecular flexibility index (Phi) is 3.72. The maximum atomic E-state index is 12.7. The number of carbonyl (C=O) groups excluding carboxylic acids is 1. The second-order valence-corrected chi connectivity index (χ2v) is 4.79. The van der Waals surface area contributed by atoms with E-state index >= 15 is 0 Å². The highest BCUT2D eigenvalue weighted by Gasteiger charge is 2.18. The molecule has 0 spiro atoms. The fraction of sp³-hybridized carbons (Fsp3) is 0.308. The van der Waals surface area contributed by atoms with Gasteiger partial charge in [-0.2, -0.15) is 0 Å². The van der Waals surface area contributed by atoms with Gasteiger partial charge in [0.25, 0.3) is 6.43 Å². The molecular weight excluding hydrogens is 290 g/mol. The molecule has 0 bridgehead atoms. The van der Waals surface area contributed by atoms with Gasteiger partial charge in [-0.25, -0.2) is 8.78 Å². The molecule has 0 heterocycles. The standard InChI is InChI=1S/C13H11BrF2O/c14-12-10(5-2-6-11(12)13(15)16)8-3-1-4-9(17)7-8/h2,5-7,13H,1,3-4H2. The Bertz CT molecular complexity index is 480. The van der Waals surface area contributed by atoms with Gasteiger partial charge in [0.1, 0.15) is 0 Å². The van der Waals surface area contributed by atoms with Gasteiger partial charge in [-0.15, -0.1) is 0 Å². The molecule has 1 aromatic carbocycles. The zero-order valence-corrected chi connectivity index (χ0v) is 10.6. The Balaban J connectivity index is 2.46. The van der Waals surface area contributed by atoms with Crippen molar-refractivity contribution in [1.29, 1.82) is 0 Å². The minimum absolute atomic E-state index is 0.0265. The van der Waals surface area contributed by atoms with E-state index in [1.165, 1.54) is 6.07 Å². The second-order valence-electron chi connectivity index (χ2n) is 4.00. The van der Waals surface area contributed by atoms with Crippen LogP contribution in [-0.4, -0.2) is 5.78 Å². The van der Waals surface area contributed by atoms with Crippen molar-refractivity contribution in [2.75, 3.05) is 0 Å². The third-order valence-corrected chi connectivity index (χ3v) is 3.70. The monoisotopic (exact) mass is 300 g/mol. The Morgan fingerprint density at radius 3 is 2.65 bits per heavy atom. The molecule has 0 atom stereocenters. The summed E-state index contributed by atoms with van der Waals surface area (Å²) in [5.74, 6) is 0.0700. The van der Waals surface area contributed by atoms with Crippen molar-refractivity contribution >= 4 is 27.3 Å². The zero-order chi connectivity index (χ0) is 12.4. The fourth-order valence-electron chi connectivity index (χ4n) is 1.97. The van der Waals surface area contributed by atoms with Gasteiger partial charge in [0.2, 0.25) is 0 Å². The van der Waals surface area contributed by atoms with E-state index in [2.05, 4.69) is 15.9 Å². The minimum atomic E-state index is -2.51. The summed E-state index contributed by atoms with van der Waals surface area (Å²) >= 11 is 3.21. The minimum Gasteiger partial charge on any atom is -0.295 e. The van der Waals surface area contributed by atoms with Gasteiger partial charge >= 0.3 is 0 Å². The normalized spacial score (nSPS) is 16.2. The molecule has 1 aliphatic carbocycles. The summed E-state index contributed by atoms with van der Waals surface area (Å²) in [6.45, 7) is 0. The highest BCUT2D eigenvalue weighted by molar-refractivity contribution is 9.10. The lowest BCUT2D eigenvalue weighted by Gasteiger charge is -2.15. The second kappa shape index (κ2) is 5.08. The molecule has 0 amide bonds. The molecule has 0 saturated heterocycles. The molecule has 1 aromatic rings. The number of alkyl halides is 2. The highest BCUT2D eigenvalue weighted by atomic mass is 79.9. The summed E-state index contributed by atoms with van der Waals surface area (Å²) in [5, 5.41) is 0. The fourth-order valence-corrected chi connectivity index (χ4v) is 2.66. The third-order valence-electron chi connectivity index (χ3n) is 2.81. The lowest BCUT2D eigenvalue weighted by atomic mass is 9.92. The molecule has 1 nitrogen and oxygen atoms in total. The first-order chi connectivity index (χ1) is 8.09. The van der Waals surface area contributed by atoms with Gasteiger partial charge in [0.05, 0.1) is 0 Å². The topological polar surface area (TPSA) is 17.1 Å². The lowest BCUT2D eigenvalue weighted by molar-refractivity contribution is -0.114. The van der Waals surface area contributed by atoms with Crippen LogP contribution < -0.4 is 0 Å². The molecule has 2 rings (SSSR count). The van der Waals surface area contributed by atoms with E-state index in [4.69, 9.17) is 0 Å². The predicted molar refractivity (Wildman–Crippen MR) is 65.9 cm³/mol. The van der Waals surface area contributed by atoms with Crippen LogP contribution in [0.4, 0.5) is 8.78 Å². The van der Waals surface area contributed by atoms with Crippen molar-refractivity contribution in [3.8, 4) is 0 Å². The number of benzene rings is 1. The van der Waals surface area contributed by atoms with E-state index in [0.29, 0.717) is 16.5 Å². The lowest BCUT2D eigenvalue weighted by Crippen LogP contribution is -2.03. The Hall–Kier alpha value is -1.03. The largest absolute Gasteiger partial charge is 0.295 e. The van der Waals surface area contributed by atoms with E-state index in [9.17, 15) is 13.6 Å². The van der Waals surface area contributed by atoms with Crippen LogP contribution in [0.2, 0.25) is 0 Å². The van der Waals surface area contributed by atoms with Gasteiger partial charge in [-0.1, -0.05) is 18.2 Å². The van der Waals surface area contributed by atoms with Gasteiger partial charge < -0.3 is 0 Å². The van der Waals surface area contributed by atoms with Crippen LogP contribution >= 0.6 is 15.9 Å². The molecule has 0 unspecified atom stereocenters. The van der Waals surface area contributed by atoms with E-state index in [-0.39, 0.29) is 11.3 Å². The summed E-state index contributed by atoms with van der Waals surface area (Å²) in [6.07, 6.45) is 1.16. The van der Waals surface area contributed by atoms with Crippen LogP contribution in [0, 0.1) is 0 Å². The number of allylic oxidation sites excluding steroid dienone is 2. The van der Waals surface area contributed by atoms with Gasteiger partial charge in [-0.3, -0.25) is 4.79 Å². The van der Waals surface area contributed by atoms with Gasteiger partial charge in [0.15, 0.2) is 5.78 Å². The van der Waals surface area contributed by atoms with Crippen molar-refractivity contribution in [2.45, 2.75) is 25.7 Å². The van der Waals surface area contributed by atoms with Crippen molar-refractivity contribution < 1.29 is 13.6 Å². The molecule has 0 fully saturated rings. The van der Waals surface area contributed by atoms with Crippen molar-refractivity contribution in [1.82, 2.24) is 0 Å². The van der Waals surface area contributed by atoms with Crippen LogP contribution in [0.5, 0.6) is 0 Å². The number of hydrogen-bond acceptors (Lipinski definition) is 1. The summed E-state index contributed by atoms with van der Waals surface area (Å²) in [4.78, 5) is 11.3. The van der Waals surface area contributed by atoms with Crippen LogP contribution in [0.1, 0.15) is 36.8 Å².